The van der Waals surface area contributed by atoms with Gasteiger partial charge >= 0.3 is 11.9 Å². The number of carboxylic acids is 3. The summed E-state index contributed by atoms with van der Waals surface area (Å²) in [5, 5.41) is 28.8. The van der Waals surface area contributed by atoms with E-state index in [1.807, 2.05) is 6.08 Å². The Labute approximate surface area is 136 Å². The molecule has 0 amide bonds. The predicted octanol–water partition coefficient (Wildman–Crippen LogP) is 0.639. The van der Waals surface area contributed by atoms with Crippen LogP contribution in [-0.4, -0.2) is 58.8 Å². The number of hydrogen-bond donors (Lipinski definition) is 2. The van der Waals surface area contributed by atoms with Crippen LogP contribution in [0.4, 0.5) is 0 Å². The van der Waals surface area contributed by atoms with Crippen molar-refractivity contribution in [3.8, 4) is 0 Å². The zero-order valence-corrected chi connectivity index (χ0v) is 13.5. The maximum atomic E-state index is 11.0. The number of quaternary nitrogens is 1. The van der Waals surface area contributed by atoms with Crippen molar-refractivity contribution in [3.63, 3.8) is 0 Å². The van der Waals surface area contributed by atoms with E-state index in [0.29, 0.717) is 6.42 Å². The van der Waals surface area contributed by atoms with Crippen molar-refractivity contribution in [2.45, 2.75) is 44.9 Å². The van der Waals surface area contributed by atoms with E-state index in [9.17, 15) is 19.5 Å². The average Bonchev–Trinajstić information content (AvgIpc) is 2.39. The lowest BCUT2D eigenvalue weighted by molar-refractivity contribution is -0.909. The molecule has 0 heterocycles. The number of unbranched alkanes of at least 4 members (excludes halogenated alkanes) is 6. The van der Waals surface area contributed by atoms with Crippen LogP contribution in [0.1, 0.15) is 44.9 Å². The first-order chi connectivity index (χ1) is 10.8. The normalized spacial score (nSPS) is 11.1. The van der Waals surface area contributed by atoms with E-state index in [4.69, 9.17) is 10.2 Å². The van der Waals surface area contributed by atoms with Crippen molar-refractivity contribution in [1.29, 1.82) is 0 Å². The lowest BCUT2D eigenvalue weighted by Crippen LogP contribution is -2.59. The standard InChI is InChI=1S/C16H27NO6/c1-2-3-4-5-6-7-8-9-10-17(11-14(18)19,12-15(20)21)13-16(22)23/h2H,1,3-13H2,(H2-,18,19,20,21,22,23). The van der Waals surface area contributed by atoms with E-state index in [-0.39, 0.29) is 6.54 Å². The maximum absolute atomic E-state index is 11.0. The summed E-state index contributed by atoms with van der Waals surface area (Å²) in [4.78, 5) is 32.9. The van der Waals surface area contributed by atoms with Crippen LogP contribution in [0.5, 0.6) is 0 Å². The third kappa shape index (κ3) is 11.3. The molecule has 0 radical (unpaired) electrons. The second-order valence-electron chi connectivity index (χ2n) is 5.90. The predicted molar refractivity (Wildman–Crippen MR) is 82.5 cm³/mol. The Kier molecular flexibility index (Phi) is 10.7. The van der Waals surface area contributed by atoms with Crippen LogP contribution in [0.2, 0.25) is 0 Å². The Bertz CT molecular complexity index is 367. The first-order valence-electron chi connectivity index (χ1n) is 7.91. The highest BCUT2D eigenvalue weighted by Gasteiger charge is 2.33. The summed E-state index contributed by atoms with van der Waals surface area (Å²) < 4.78 is -0.510. The zero-order chi connectivity index (χ0) is 17.7. The van der Waals surface area contributed by atoms with E-state index >= 15 is 0 Å². The van der Waals surface area contributed by atoms with Crippen LogP contribution in [-0.2, 0) is 14.4 Å². The number of aliphatic carboxylic acids is 3. The van der Waals surface area contributed by atoms with Gasteiger partial charge in [-0.05, 0) is 25.7 Å². The average molecular weight is 329 g/mol. The fourth-order valence-corrected chi connectivity index (χ4v) is 2.70. The van der Waals surface area contributed by atoms with Gasteiger partial charge in [0.1, 0.15) is 6.54 Å². The second-order valence-corrected chi connectivity index (χ2v) is 5.90. The molecular formula is C16H27NO6. The molecule has 0 bridgehead atoms. The third-order valence-corrected chi connectivity index (χ3v) is 3.70. The molecule has 0 aromatic carbocycles. The highest BCUT2D eigenvalue weighted by Crippen LogP contribution is 2.13. The summed E-state index contributed by atoms with van der Waals surface area (Å²) in [5.74, 6) is -3.86. The molecule has 0 aliphatic heterocycles. The van der Waals surface area contributed by atoms with Crippen molar-refractivity contribution in [2.24, 2.45) is 0 Å². The first-order valence-corrected chi connectivity index (χ1v) is 7.91. The van der Waals surface area contributed by atoms with Crippen LogP contribution >= 0.6 is 0 Å². The van der Waals surface area contributed by atoms with E-state index < -0.39 is 42.0 Å². The molecule has 0 unspecified atom stereocenters. The van der Waals surface area contributed by atoms with Crippen molar-refractivity contribution in [3.05, 3.63) is 12.7 Å². The maximum Gasteiger partial charge on any atom is 0.359 e. The van der Waals surface area contributed by atoms with Gasteiger partial charge in [0.2, 0.25) is 0 Å². The molecule has 0 rings (SSSR count). The van der Waals surface area contributed by atoms with Crippen LogP contribution in [0, 0.1) is 0 Å². The number of hydrogen-bond acceptors (Lipinski definition) is 4. The Morgan fingerprint density at radius 3 is 1.78 bits per heavy atom. The summed E-state index contributed by atoms with van der Waals surface area (Å²) >= 11 is 0. The molecule has 0 saturated carbocycles. The molecule has 7 heteroatoms. The minimum Gasteiger partial charge on any atom is -0.544 e. The SMILES string of the molecule is C=CCCCCCCCC[N+](CC(=O)[O-])(CC(=O)O)CC(=O)O. The number of allylic oxidation sites excluding steroid dienone is 1. The lowest BCUT2D eigenvalue weighted by Gasteiger charge is -2.36. The minimum atomic E-state index is -1.43. The van der Waals surface area contributed by atoms with Gasteiger partial charge in [-0.3, -0.25) is 0 Å². The van der Waals surface area contributed by atoms with E-state index in [1.54, 1.807) is 0 Å². The van der Waals surface area contributed by atoms with Crippen molar-refractivity contribution in [1.82, 2.24) is 0 Å². The molecule has 0 saturated heterocycles. The number of nitrogens with zero attached hydrogens (tertiary/aromatic N) is 1. The Morgan fingerprint density at radius 2 is 1.35 bits per heavy atom. The highest BCUT2D eigenvalue weighted by molar-refractivity contribution is 5.72. The molecule has 0 aromatic heterocycles. The molecule has 0 aromatic rings. The van der Waals surface area contributed by atoms with Crippen molar-refractivity contribution >= 4 is 17.9 Å². The fourth-order valence-electron chi connectivity index (χ4n) is 2.70. The molecule has 0 spiro atoms. The van der Waals surface area contributed by atoms with Gasteiger partial charge in [0.25, 0.3) is 0 Å². The largest absolute Gasteiger partial charge is 0.544 e. The quantitative estimate of drug-likeness (QED) is 0.259. The van der Waals surface area contributed by atoms with E-state index in [0.717, 1.165) is 38.5 Å². The Morgan fingerprint density at radius 1 is 0.870 bits per heavy atom. The van der Waals surface area contributed by atoms with Gasteiger partial charge in [0.15, 0.2) is 13.1 Å². The Hall–Kier alpha value is -1.89. The molecule has 0 atom stereocenters. The number of rotatable bonds is 15. The summed E-state index contributed by atoms with van der Waals surface area (Å²) in [6.45, 7) is 2.21. The smallest absolute Gasteiger partial charge is 0.359 e. The molecule has 2 N–H and O–H groups in total. The second kappa shape index (κ2) is 11.6. The van der Waals surface area contributed by atoms with Gasteiger partial charge in [0, 0.05) is 0 Å². The lowest BCUT2D eigenvalue weighted by atomic mass is 10.1. The van der Waals surface area contributed by atoms with Gasteiger partial charge < -0.3 is 24.6 Å². The van der Waals surface area contributed by atoms with Gasteiger partial charge in [0.05, 0.1) is 12.5 Å². The van der Waals surface area contributed by atoms with Gasteiger partial charge in [-0.25, -0.2) is 9.59 Å². The molecule has 0 aliphatic carbocycles. The molecule has 0 fully saturated rings. The summed E-state index contributed by atoms with van der Waals surface area (Å²) in [5.41, 5.74) is 0. The molecule has 132 valence electrons. The van der Waals surface area contributed by atoms with Gasteiger partial charge in [-0.2, -0.15) is 0 Å². The van der Waals surface area contributed by atoms with Crippen LogP contribution < -0.4 is 5.11 Å². The zero-order valence-electron chi connectivity index (χ0n) is 13.5. The molecule has 23 heavy (non-hydrogen) atoms. The topological polar surface area (TPSA) is 115 Å². The van der Waals surface area contributed by atoms with Gasteiger partial charge in [-0.15, -0.1) is 6.58 Å². The molecular weight excluding hydrogens is 302 g/mol. The molecule has 0 aliphatic rings. The van der Waals surface area contributed by atoms with Crippen LogP contribution in [0.3, 0.4) is 0 Å². The molecule has 7 nitrogen and oxygen atoms in total. The summed E-state index contributed by atoms with van der Waals surface area (Å²) in [7, 11) is 0. The summed E-state index contributed by atoms with van der Waals surface area (Å²) in [6, 6.07) is 0. The van der Waals surface area contributed by atoms with Crippen LogP contribution in [0.25, 0.3) is 0 Å². The number of carbonyl (C=O) groups is 3. The van der Waals surface area contributed by atoms with Gasteiger partial charge in [-0.1, -0.05) is 25.3 Å². The minimum absolute atomic E-state index is 0.208. The highest BCUT2D eigenvalue weighted by atomic mass is 16.4. The van der Waals surface area contributed by atoms with Crippen LogP contribution in [0.15, 0.2) is 12.7 Å². The fraction of sp³-hybridized carbons (Fsp3) is 0.688. The Balaban J connectivity index is 4.43. The number of carboxylic acid groups (broad SMARTS) is 3. The number of carbonyl (C=O) groups excluding carboxylic acids is 1. The third-order valence-electron chi connectivity index (χ3n) is 3.70. The van der Waals surface area contributed by atoms with Crippen molar-refractivity contribution < 1.29 is 34.2 Å². The monoisotopic (exact) mass is 329 g/mol. The van der Waals surface area contributed by atoms with E-state index in [1.165, 1.54) is 0 Å². The summed E-state index contributed by atoms with van der Waals surface area (Å²) in [6.07, 6.45) is 8.47. The van der Waals surface area contributed by atoms with E-state index in [2.05, 4.69) is 6.58 Å². The van der Waals surface area contributed by atoms with Crippen molar-refractivity contribution in [2.75, 3.05) is 26.2 Å². The first kappa shape index (κ1) is 21.1.